The molecule has 10 nitrogen and oxygen atoms in total. The predicted octanol–water partition coefficient (Wildman–Crippen LogP) is 3.20. The van der Waals surface area contributed by atoms with Gasteiger partial charge in [0, 0.05) is 19.2 Å². The summed E-state index contributed by atoms with van der Waals surface area (Å²) in [4.78, 5) is 51.9. The summed E-state index contributed by atoms with van der Waals surface area (Å²) in [6, 6.07) is 4.34. The highest BCUT2D eigenvalue weighted by Crippen LogP contribution is 2.22. The maximum atomic E-state index is 12.9. The largest absolute Gasteiger partial charge is 0.481 e. The van der Waals surface area contributed by atoms with Crippen LogP contribution in [0.15, 0.2) is 30.5 Å². The fourth-order valence-electron chi connectivity index (χ4n) is 3.08. The third-order valence-corrected chi connectivity index (χ3v) is 5.51. The van der Waals surface area contributed by atoms with Crippen LogP contribution in [0.1, 0.15) is 52.5 Å². The minimum atomic E-state index is -1.33. The molecule has 0 saturated heterocycles. The maximum Gasteiger partial charge on any atom is 0.341 e. The Bertz CT molecular complexity index is 1090. The topological polar surface area (TPSA) is 155 Å². The van der Waals surface area contributed by atoms with E-state index in [1.807, 2.05) is 6.92 Å². The van der Waals surface area contributed by atoms with Crippen molar-refractivity contribution in [3.8, 4) is 5.75 Å². The normalized spacial score (nSPS) is 11.4. The molecule has 4 N–H and O–H groups in total. The van der Waals surface area contributed by atoms with Crippen molar-refractivity contribution in [2.75, 3.05) is 13.2 Å². The van der Waals surface area contributed by atoms with Gasteiger partial charge in [0.25, 0.3) is 5.91 Å². The van der Waals surface area contributed by atoms with E-state index in [2.05, 4.69) is 15.6 Å². The van der Waals surface area contributed by atoms with Gasteiger partial charge in [0.05, 0.1) is 10.6 Å². The molecule has 12 heteroatoms. The zero-order valence-corrected chi connectivity index (χ0v) is 20.4. The van der Waals surface area contributed by atoms with Crippen molar-refractivity contribution < 1.29 is 34.1 Å². The molecule has 1 heterocycles. The van der Waals surface area contributed by atoms with Crippen LogP contribution < -0.4 is 15.4 Å². The summed E-state index contributed by atoms with van der Waals surface area (Å²) >= 11 is 11.7. The highest BCUT2D eigenvalue weighted by Gasteiger charge is 2.24. The number of ether oxygens (including phenoxy) is 1. The number of aromatic carboxylic acids is 1. The second-order valence-electron chi connectivity index (χ2n) is 7.54. The number of nitrogens with zero attached hydrogens (tertiary/aromatic N) is 1. The molecule has 0 radical (unpaired) electrons. The Kier molecular flexibility index (Phi) is 10.8. The number of aliphatic carboxylic acids is 1. The van der Waals surface area contributed by atoms with E-state index in [1.54, 1.807) is 0 Å². The summed E-state index contributed by atoms with van der Waals surface area (Å²) in [5, 5.41) is 23.8. The number of carbonyl (C=O) groups is 4. The van der Waals surface area contributed by atoms with E-state index >= 15 is 0 Å². The number of carbonyl (C=O) groups excluding carboxylic acids is 2. The Balaban J connectivity index is 2.26. The lowest BCUT2D eigenvalue weighted by molar-refractivity contribution is -0.139. The molecule has 0 saturated carbocycles. The molecule has 0 aliphatic carbocycles. The molecule has 0 unspecified atom stereocenters. The zero-order chi connectivity index (χ0) is 26.0. The molecular weight excluding hydrogens is 501 g/mol. The number of amides is 2. The molecular formula is C23H25Cl2N3O7. The summed E-state index contributed by atoms with van der Waals surface area (Å²) in [6.07, 6.45) is 3.83. The maximum absolute atomic E-state index is 12.9. The van der Waals surface area contributed by atoms with Gasteiger partial charge in [-0.3, -0.25) is 9.59 Å². The summed E-state index contributed by atoms with van der Waals surface area (Å²) in [5.74, 6) is -3.80. The van der Waals surface area contributed by atoms with Crippen LogP contribution in [-0.2, 0) is 16.0 Å². The van der Waals surface area contributed by atoms with Crippen LogP contribution in [0.25, 0.3) is 0 Å². The Hall–Kier alpha value is -3.37. The highest BCUT2D eigenvalue weighted by molar-refractivity contribution is 6.41. The lowest BCUT2D eigenvalue weighted by atomic mass is 10.0. The minimum absolute atomic E-state index is 0.0276. The first kappa shape index (κ1) is 27.9. The van der Waals surface area contributed by atoms with Crippen molar-refractivity contribution >= 4 is 47.0 Å². The zero-order valence-electron chi connectivity index (χ0n) is 18.8. The van der Waals surface area contributed by atoms with E-state index in [0.717, 1.165) is 19.3 Å². The predicted molar refractivity (Wildman–Crippen MR) is 128 cm³/mol. The number of hydrogen-bond acceptors (Lipinski definition) is 6. The molecule has 2 aromatic rings. The number of rotatable bonds is 13. The molecule has 35 heavy (non-hydrogen) atoms. The van der Waals surface area contributed by atoms with Crippen molar-refractivity contribution in [2.24, 2.45) is 0 Å². The van der Waals surface area contributed by atoms with Gasteiger partial charge in [0.2, 0.25) is 5.91 Å². The van der Waals surface area contributed by atoms with E-state index in [-0.39, 0.29) is 33.5 Å². The summed E-state index contributed by atoms with van der Waals surface area (Å²) in [5.41, 5.74) is 0.226. The number of aromatic nitrogens is 1. The average Bonchev–Trinajstić information content (AvgIpc) is 2.81. The number of carboxylic acids is 2. The van der Waals surface area contributed by atoms with Crippen molar-refractivity contribution in [3.63, 3.8) is 0 Å². The van der Waals surface area contributed by atoms with E-state index in [1.165, 1.54) is 30.5 Å². The first-order chi connectivity index (χ1) is 16.6. The lowest BCUT2D eigenvalue weighted by Gasteiger charge is -2.19. The molecule has 0 fully saturated rings. The molecule has 2 rings (SSSR count). The van der Waals surface area contributed by atoms with Crippen molar-refractivity contribution in [3.05, 3.63) is 57.3 Å². The van der Waals surface area contributed by atoms with E-state index in [0.29, 0.717) is 12.1 Å². The second kappa shape index (κ2) is 13.5. The molecule has 0 aliphatic heterocycles. The third kappa shape index (κ3) is 8.73. The van der Waals surface area contributed by atoms with Crippen LogP contribution >= 0.6 is 23.2 Å². The number of unbranched alkanes of at least 4 members (excludes halogenated alkanes) is 2. The molecule has 1 atom stereocenters. The number of pyridine rings is 1. The van der Waals surface area contributed by atoms with Crippen LogP contribution in [0.2, 0.25) is 10.2 Å². The SMILES string of the molecule is CCCCCNC(=O)[C@H](Cc1ccc(OCC(=O)O)c(C(=O)O)c1)NC(=O)c1cnc(Cl)c(Cl)c1. The van der Waals surface area contributed by atoms with Gasteiger partial charge in [0.1, 0.15) is 22.5 Å². The first-order valence-corrected chi connectivity index (χ1v) is 11.5. The van der Waals surface area contributed by atoms with E-state index < -0.39 is 36.4 Å². The van der Waals surface area contributed by atoms with Gasteiger partial charge < -0.3 is 25.6 Å². The standard InChI is InChI=1S/C23H25Cl2N3O7/c1-2-3-4-7-26-22(32)17(28-21(31)14-10-16(24)20(25)27-11-14)9-13-5-6-18(35-12-19(29)30)15(8-13)23(33)34/h5-6,8,10-11,17H,2-4,7,9,12H2,1H3,(H,26,32)(H,28,31)(H,29,30)(H,33,34)/t17-/m0/s1. The molecule has 0 bridgehead atoms. The van der Waals surface area contributed by atoms with Crippen LogP contribution in [0.4, 0.5) is 0 Å². The number of benzene rings is 1. The fraction of sp³-hybridized carbons (Fsp3) is 0.348. The number of hydrogen-bond donors (Lipinski definition) is 4. The van der Waals surface area contributed by atoms with Gasteiger partial charge in [-0.15, -0.1) is 0 Å². The fourth-order valence-corrected chi connectivity index (χ4v) is 3.35. The number of carboxylic acid groups (broad SMARTS) is 2. The molecule has 188 valence electrons. The van der Waals surface area contributed by atoms with Gasteiger partial charge in [0.15, 0.2) is 6.61 Å². The monoisotopic (exact) mass is 525 g/mol. The Morgan fingerprint density at radius 3 is 2.49 bits per heavy atom. The van der Waals surface area contributed by atoms with Gasteiger partial charge in [-0.25, -0.2) is 14.6 Å². The Morgan fingerprint density at radius 2 is 1.86 bits per heavy atom. The van der Waals surface area contributed by atoms with Crippen LogP contribution in [0.3, 0.4) is 0 Å². The van der Waals surface area contributed by atoms with Crippen LogP contribution in [-0.4, -0.2) is 58.1 Å². The van der Waals surface area contributed by atoms with Crippen LogP contribution in [0.5, 0.6) is 5.75 Å². The van der Waals surface area contributed by atoms with Gasteiger partial charge in [-0.2, -0.15) is 0 Å². The van der Waals surface area contributed by atoms with Crippen molar-refractivity contribution in [1.82, 2.24) is 15.6 Å². The molecule has 0 aliphatic rings. The number of nitrogens with one attached hydrogen (secondary N) is 2. The summed E-state index contributed by atoms with van der Waals surface area (Å²) in [6.45, 7) is 1.73. The lowest BCUT2D eigenvalue weighted by Crippen LogP contribution is -2.48. The van der Waals surface area contributed by atoms with E-state index in [9.17, 15) is 24.3 Å². The Labute approximate surface area is 211 Å². The summed E-state index contributed by atoms with van der Waals surface area (Å²) < 4.78 is 5.03. The van der Waals surface area contributed by atoms with Gasteiger partial charge >= 0.3 is 11.9 Å². The van der Waals surface area contributed by atoms with Gasteiger partial charge in [-0.1, -0.05) is 49.0 Å². The summed E-state index contributed by atoms with van der Waals surface area (Å²) in [7, 11) is 0. The quantitative estimate of drug-likeness (QED) is 0.229. The smallest absolute Gasteiger partial charge is 0.341 e. The van der Waals surface area contributed by atoms with Gasteiger partial charge in [-0.05, 0) is 30.2 Å². The molecule has 0 spiro atoms. The molecule has 1 aromatic heterocycles. The minimum Gasteiger partial charge on any atom is -0.481 e. The molecule has 1 aromatic carbocycles. The first-order valence-electron chi connectivity index (χ1n) is 10.7. The average molecular weight is 526 g/mol. The second-order valence-corrected chi connectivity index (χ2v) is 8.31. The van der Waals surface area contributed by atoms with Crippen molar-refractivity contribution in [1.29, 1.82) is 0 Å². The third-order valence-electron chi connectivity index (χ3n) is 4.83. The van der Waals surface area contributed by atoms with E-state index in [4.69, 9.17) is 33.0 Å². The molecule has 2 amide bonds. The number of halogens is 2. The Morgan fingerprint density at radius 1 is 1.11 bits per heavy atom. The van der Waals surface area contributed by atoms with Crippen LogP contribution in [0, 0.1) is 0 Å². The highest BCUT2D eigenvalue weighted by atomic mass is 35.5. The van der Waals surface area contributed by atoms with Crippen molar-refractivity contribution in [2.45, 2.75) is 38.6 Å².